The molecular formula is C12H15N5O5. The molecule has 3 heterocycles. The molecule has 0 radical (unpaired) electrons. The Labute approximate surface area is 124 Å². The number of primary amides is 1. The second kappa shape index (κ2) is 5.25. The standard InChI is InChI=1S/C12H15N5O5/c1-3-14-5(10(13)21)6-11(15-3)17-12(16-6)9-8(20)7(19)4(2-18)22-9/h4,7-9,18-20H,2H2,1H3,(H2,13,21)(H,14,15,16,17)/t4-,7-,8-,9-/m1/s1. The number of aromatic nitrogens is 4. The van der Waals surface area contributed by atoms with E-state index < -0.39 is 36.9 Å². The van der Waals surface area contributed by atoms with Crippen LogP contribution in [0, 0.1) is 6.92 Å². The Morgan fingerprint density at radius 1 is 1.32 bits per heavy atom. The van der Waals surface area contributed by atoms with Crippen molar-refractivity contribution >= 4 is 17.1 Å². The Morgan fingerprint density at radius 2 is 2.05 bits per heavy atom. The molecule has 0 bridgehead atoms. The summed E-state index contributed by atoms with van der Waals surface area (Å²) >= 11 is 0. The predicted octanol–water partition coefficient (Wildman–Crippen LogP) is -2.09. The molecule has 6 N–H and O–H groups in total. The van der Waals surface area contributed by atoms with Crippen molar-refractivity contribution in [3.63, 3.8) is 0 Å². The van der Waals surface area contributed by atoms with Crippen LogP contribution < -0.4 is 5.73 Å². The molecule has 0 saturated carbocycles. The van der Waals surface area contributed by atoms with Gasteiger partial charge in [-0.1, -0.05) is 0 Å². The number of nitrogens with one attached hydrogen (secondary N) is 1. The molecule has 4 atom stereocenters. The van der Waals surface area contributed by atoms with Crippen LogP contribution in [0.25, 0.3) is 11.2 Å². The largest absolute Gasteiger partial charge is 0.394 e. The molecule has 10 nitrogen and oxygen atoms in total. The van der Waals surface area contributed by atoms with Gasteiger partial charge in [0.25, 0.3) is 5.91 Å². The fourth-order valence-electron chi connectivity index (χ4n) is 2.46. The summed E-state index contributed by atoms with van der Waals surface area (Å²) in [5, 5.41) is 28.9. The number of imidazole rings is 1. The van der Waals surface area contributed by atoms with Crippen molar-refractivity contribution in [2.24, 2.45) is 5.73 Å². The molecule has 1 fully saturated rings. The number of fused-ring (bicyclic) bond motifs is 1. The van der Waals surface area contributed by atoms with E-state index in [0.29, 0.717) is 5.82 Å². The molecular weight excluding hydrogens is 294 g/mol. The van der Waals surface area contributed by atoms with Crippen molar-refractivity contribution in [2.45, 2.75) is 31.3 Å². The van der Waals surface area contributed by atoms with E-state index in [0.717, 1.165) is 0 Å². The van der Waals surface area contributed by atoms with E-state index in [1.54, 1.807) is 6.92 Å². The number of aliphatic hydroxyl groups excluding tert-OH is 3. The summed E-state index contributed by atoms with van der Waals surface area (Å²) < 4.78 is 5.37. The summed E-state index contributed by atoms with van der Waals surface area (Å²) in [5.41, 5.74) is 5.68. The van der Waals surface area contributed by atoms with E-state index in [-0.39, 0.29) is 22.7 Å². The van der Waals surface area contributed by atoms with Crippen molar-refractivity contribution in [1.82, 2.24) is 19.9 Å². The molecule has 118 valence electrons. The minimum Gasteiger partial charge on any atom is -0.394 e. The molecule has 1 aliphatic heterocycles. The lowest BCUT2D eigenvalue weighted by molar-refractivity contribution is -0.0249. The maximum atomic E-state index is 11.4. The van der Waals surface area contributed by atoms with Crippen molar-refractivity contribution in [3.8, 4) is 0 Å². The second-order valence-corrected chi connectivity index (χ2v) is 5.06. The number of rotatable bonds is 3. The number of hydrogen-bond donors (Lipinski definition) is 5. The predicted molar refractivity (Wildman–Crippen MR) is 71.7 cm³/mol. The van der Waals surface area contributed by atoms with Gasteiger partial charge in [-0.15, -0.1) is 0 Å². The molecule has 2 aromatic heterocycles. The van der Waals surface area contributed by atoms with E-state index in [9.17, 15) is 15.0 Å². The zero-order chi connectivity index (χ0) is 16.0. The summed E-state index contributed by atoms with van der Waals surface area (Å²) in [5.74, 6) is -0.257. The van der Waals surface area contributed by atoms with Gasteiger partial charge in [0, 0.05) is 0 Å². The Hall–Kier alpha value is -2.14. The number of amides is 1. The van der Waals surface area contributed by atoms with Crippen LogP contribution in [0.4, 0.5) is 0 Å². The van der Waals surface area contributed by atoms with Crippen LogP contribution in [0.3, 0.4) is 0 Å². The Balaban J connectivity index is 2.06. The third-order valence-electron chi connectivity index (χ3n) is 3.53. The van der Waals surface area contributed by atoms with Crippen LogP contribution in [0.1, 0.15) is 28.2 Å². The Bertz CT molecular complexity index is 732. The third-order valence-corrected chi connectivity index (χ3v) is 3.53. The first-order valence-corrected chi connectivity index (χ1v) is 6.59. The lowest BCUT2D eigenvalue weighted by Gasteiger charge is -2.11. The van der Waals surface area contributed by atoms with E-state index >= 15 is 0 Å². The number of hydrogen-bond acceptors (Lipinski definition) is 8. The van der Waals surface area contributed by atoms with E-state index in [2.05, 4.69) is 19.9 Å². The van der Waals surface area contributed by atoms with Gasteiger partial charge in [-0.2, -0.15) is 0 Å². The molecule has 2 aromatic rings. The van der Waals surface area contributed by atoms with Crippen molar-refractivity contribution < 1.29 is 24.9 Å². The Kier molecular flexibility index (Phi) is 3.53. The van der Waals surface area contributed by atoms with Crippen LogP contribution in [0.15, 0.2) is 0 Å². The number of aromatic amines is 1. The van der Waals surface area contributed by atoms with Gasteiger partial charge in [0.05, 0.1) is 6.61 Å². The molecule has 22 heavy (non-hydrogen) atoms. The maximum absolute atomic E-state index is 11.4. The van der Waals surface area contributed by atoms with Gasteiger partial charge in [0.2, 0.25) is 0 Å². The summed E-state index contributed by atoms with van der Waals surface area (Å²) in [7, 11) is 0. The van der Waals surface area contributed by atoms with Crippen molar-refractivity contribution in [3.05, 3.63) is 17.3 Å². The van der Waals surface area contributed by atoms with Gasteiger partial charge in [0.1, 0.15) is 41.6 Å². The maximum Gasteiger partial charge on any atom is 0.269 e. The summed E-state index contributed by atoms with van der Waals surface area (Å²) in [6.07, 6.45) is -4.42. The molecule has 1 aliphatic rings. The molecule has 1 saturated heterocycles. The number of nitrogens with zero attached hydrogens (tertiary/aromatic N) is 3. The van der Waals surface area contributed by atoms with Crippen LogP contribution >= 0.6 is 0 Å². The molecule has 0 aromatic carbocycles. The van der Waals surface area contributed by atoms with Crippen LogP contribution in [-0.4, -0.2) is 66.1 Å². The van der Waals surface area contributed by atoms with E-state index in [1.165, 1.54) is 0 Å². The fourth-order valence-corrected chi connectivity index (χ4v) is 2.46. The number of nitrogens with two attached hydrogens (primary N) is 1. The lowest BCUT2D eigenvalue weighted by Crippen LogP contribution is -2.32. The topological polar surface area (TPSA) is 167 Å². The van der Waals surface area contributed by atoms with Crippen LogP contribution in [0.5, 0.6) is 0 Å². The van der Waals surface area contributed by atoms with Crippen LogP contribution in [0.2, 0.25) is 0 Å². The molecule has 0 unspecified atom stereocenters. The minimum absolute atomic E-state index is 0.0204. The van der Waals surface area contributed by atoms with Gasteiger partial charge in [0.15, 0.2) is 11.3 Å². The normalized spacial score (nSPS) is 28.4. The zero-order valence-corrected chi connectivity index (χ0v) is 11.6. The molecule has 0 spiro atoms. The zero-order valence-electron chi connectivity index (χ0n) is 11.6. The summed E-state index contributed by atoms with van der Waals surface area (Å²) in [4.78, 5) is 26.4. The number of carbonyl (C=O) groups is 1. The molecule has 0 aliphatic carbocycles. The molecule has 1 amide bonds. The lowest BCUT2D eigenvalue weighted by atomic mass is 10.1. The van der Waals surface area contributed by atoms with E-state index in [1.807, 2.05) is 0 Å². The number of aliphatic hydroxyl groups is 3. The number of ether oxygens (including phenoxy) is 1. The average molecular weight is 309 g/mol. The minimum atomic E-state index is -1.27. The van der Waals surface area contributed by atoms with Gasteiger partial charge >= 0.3 is 0 Å². The second-order valence-electron chi connectivity index (χ2n) is 5.06. The van der Waals surface area contributed by atoms with E-state index in [4.69, 9.17) is 15.6 Å². The first-order valence-electron chi connectivity index (χ1n) is 6.59. The SMILES string of the molecule is Cc1nc(C(N)=O)c2[nH]c([C@@H]3O[C@H](CO)[C@@H](O)[C@H]3O)nc2n1. The van der Waals surface area contributed by atoms with Gasteiger partial charge < -0.3 is 30.8 Å². The van der Waals surface area contributed by atoms with Gasteiger partial charge in [-0.25, -0.2) is 15.0 Å². The van der Waals surface area contributed by atoms with Crippen molar-refractivity contribution in [2.75, 3.05) is 6.61 Å². The highest BCUT2D eigenvalue weighted by atomic mass is 16.6. The summed E-state index contributed by atoms with van der Waals surface area (Å²) in [6.45, 7) is 1.15. The quantitative estimate of drug-likeness (QED) is 0.430. The van der Waals surface area contributed by atoms with Gasteiger partial charge in [-0.05, 0) is 6.92 Å². The van der Waals surface area contributed by atoms with Crippen molar-refractivity contribution in [1.29, 1.82) is 0 Å². The van der Waals surface area contributed by atoms with Gasteiger partial charge in [-0.3, -0.25) is 4.79 Å². The third kappa shape index (κ3) is 2.22. The fraction of sp³-hybridized carbons (Fsp3) is 0.500. The highest BCUT2D eigenvalue weighted by Crippen LogP contribution is 2.32. The van der Waals surface area contributed by atoms with Crippen LogP contribution in [-0.2, 0) is 4.74 Å². The Morgan fingerprint density at radius 3 is 2.64 bits per heavy atom. The monoisotopic (exact) mass is 309 g/mol. The highest BCUT2D eigenvalue weighted by Gasteiger charge is 2.44. The number of H-pyrrole nitrogens is 1. The number of aryl methyl sites for hydroxylation is 1. The molecule has 3 rings (SSSR count). The smallest absolute Gasteiger partial charge is 0.269 e. The number of carbonyl (C=O) groups excluding carboxylic acids is 1. The average Bonchev–Trinajstić information content (AvgIpc) is 3.00. The first-order chi connectivity index (χ1) is 10.4. The summed E-state index contributed by atoms with van der Waals surface area (Å²) in [6, 6.07) is 0. The molecule has 10 heteroatoms. The highest BCUT2D eigenvalue weighted by molar-refractivity contribution is 6.01. The first kappa shape index (κ1) is 14.8.